The number of carbonyl (C=O) groups excluding carboxylic acids is 2. The maximum absolute atomic E-state index is 13.9. The Morgan fingerprint density at radius 2 is 1.50 bits per heavy atom. The van der Waals surface area contributed by atoms with E-state index in [-0.39, 0.29) is 29.3 Å². The summed E-state index contributed by atoms with van der Waals surface area (Å²) in [7, 11) is 0. The minimum atomic E-state index is -1.09. The Balaban J connectivity index is 1.52. The summed E-state index contributed by atoms with van der Waals surface area (Å²) in [5.74, 6) is -1.40. The third kappa shape index (κ3) is 2.79. The van der Waals surface area contributed by atoms with Gasteiger partial charge in [0.15, 0.2) is 5.69 Å². The van der Waals surface area contributed by atoms with E-state index in [1.54, 1.807) is 12.1 Å². The van der Waals surface area contributed by atoms with Crippen molar-refractivity contribution < 1.29 is 20.0 Å². The van der Waals surface area contributed by atoms with E-state index in [1.165, 1.54) is 22.6 Å². The molecule has 0 saturated carbocycles. The Bertz CT molecular complexity index is 1330. The first-order valence-corrected chi connectivity index (χ1v) is 11.9. The molecule has 6 atom stereocenters. The molecule has 6 heteroatoms. The zero-order valence-corrected chi connectivity index (χ0v) is 19.1. The van der Waals surface area contributed by atoms with Crippen molar-refractivity contribution >= 4 is 23.2 Å². The summed E-state index contributed by atoms with van der Waals surface area (Å²) in [4.78, 5) is 28.9. The SMILES string of the molecule is CC[C@H](C)c1ccc2c(c1)[C@@H]1c3ccccc3[C@@H]2[C@@H]2C(=O)N(c3cccc([NH+]([O-])O)c3)C(=O)[C@H]12. The molecule has 1 unspecified atom stereocenters. The second-order valence-corrected chi connectivity index (χ2v) is 9.70. The van der Waals surface area contributed by atoms with Gasteiger partial charge in [-0.25, -0.2) is 10.1 Å². The molecule has 172 valence electrons. The van der Waals surface area contributed by atoms with Gasteiger partial charge in [0.25, 0.3) is 0 Å². The molecule has 1 saturated heterocycles. The molecule has 1 fully saturated rings. The van der Waals surface area contributed by atoms with Crippen LogP contribution in [0.4, 0.5) is 11.4 Å². The summed E-state index contributed by atoms with van der Waals surface area (Å²) in [6, 6.07) is 20.9. The molecular formula is C28H26N2O4. The fourth-order valence-electron chi connectivity index (χ4n) is 6.32. The highest BCUT2D eigenvalue weighted by Crippen LogP contribution is 2.61. The average Bonchev–Trinajstić information content (AvgIpc) is 3.13. The number of rotatable bonds is 4. The van der Waals surface area contributed by atoms with Crippen LogP contribution in [0.2, 0.25) is 0 Å². The third-order valence-electron chi connectivity index (χ3n) is 8.10. The maximum atomic E-state index is 13.9. The molecule has 1 aliphatic heterocycles. The van der Waals surface area contributed by atoms with Gasteiger partial charge in [0, 0.05) is 24.0 Å². The van der Waals surface area contributed by atoms with Crippen LogP contribution < -0.4 is 10.1 Å². The van der Waals surface area contributed by atoms with Gasteiger partial charge in [-0.1, -0.05) is 62.4 Å². The molecule has 4 aliphatic rings. The lowest BCUT2D eigenvalue weighted by Gasteiger charge is -2.46. The molecule has 2 bridgehead atoms. The van der Waals surface area contributed by atoms with Gasteiger partial charge >= 0.3 is 0 Å². The molecule has 3 aromatic rings. The molecular weight excluding hydrogens is 428 g/mol. The highest BCUT2D eigenvalue weighted by molar-refractivity contribution is 6.23. The summed E-state index contributed by atoms with van der Waals surface area (Å²) >= 11 is 0. The van der Waals surface area contributed by atoms with Gasteiger partial charge < -0.3 is 5.21 Å². The maximum Gasteiger partial charge on any atom is 0.238 e. The van der Waals surface area contributed by atoms with E-state index in [1.807, 2.05) is 12.1 Å². The number of amides is 2. The van der Waals surface area contributed by atoms with Gasteiger partial charge in [-0.05, 0) is 46.2 Å². The zero-order valence-electron chi connectivity index (χ0n) is 19.1. The summed E-state index contributed by atoms with van der Waals surface area (Å²) in [5, 5.41) is 19.9. The van der Waals surface area contributed by atoms with E-state index >= 15 is 0 Å². The first-order chi connectivity index (χ1) is 16.4. The second-order valence-electron chi connectivity index (χ2n) is 9.70. The van der Waals surface area contributed by atoms with Crippen LogP contribution in [-0.4, -0.2) is 17.0 Å². The molecule has 2 amide bonds. The van der Waals surface area contributed by atoms with Crippen molar-refractivity contribution in [3.05, 3.63) is 99.8 Å². The van der Waals surface area contributed by atoms with E-state index in [0.717, 1.165) is 28.7 Å². The number of nitrogens with zero attached hydrogens (tertiary/aromatic N) is 1. The van der Waals surface area contributed by atoms with E-state index in [0.29, 0.717) is 11.6 Å². The molecule has 3 aromatic carbocycles. The number of anilines is 1. The summed E-state index contributed by atoms with van der Waals surface area (Å²) in [6.45, 7) is 4.38. The lowest BCUT2D eigenvalue weighted by atomic mass is 9.54. The average molecular weight is 455 g/mol. The van der Waals surface area contributed by atoms with Crippen molar-refractivity contribution in [3.8, 4) is 0 Å². The predicted molar refractivity (Wildman–Crippen MR) is 127 cm³/mol. The molecule has 2 N–H and O–H groups in total. The Morgan fingerprint density at radius 1 is 0.882 bits per heavy atom. The standard InChI is InChI=1S/C28H26N2O4/c1-3-15(2)16-11-12-21-22(13-16)24-20-10-5-4-9-19(20)23(21)25-26(24)28(32)29(27(25)31)17-7-6-8-18(14-17)30(33)34/h4-15,23-26,30,33H,3H2,1-2H3/t15-,23-,24-,25-,26+/m0/s1. The van der Waals surface area contributed by atoms with Gasteiger partial charge in [-0.15, -0.1) is 0 Å². The summed E-state index contributed by atoms with van der Waals surface area (Å²) < 4.78 is 0. The third-order valence-corrected chi connectivity index (χ3v) is 8.10. The van der Waals surface area contributed by atoms with Gasteiger partial charge in [0.1, 0.15) is 0 Å². The monoisotopic (exact) mass is 454 g/mol. The van der Waals surface area contributed by atoms with Crippen LogP contribution in [0.3, 0.4) is 0 Å². The fourth-order valence-corrected chi connectivity index (χ4v) is 6.32. The minimum absolute atomic E-state index is 0.0562. The first kappa shape index (κ1) is 21.2. The van der Waals surface area contributed by atoms with Crippen molar-refractivity contribution in [2.24, 2.45) is 11.8 Å². The number of nitrogens with one attached hydrogen (secondary N) is 1. The van der Waals surface area contributed by atoms with E-state index in [9.17, 15) is 20.0 Å². The highest BCUT2D eigenvalue weighted by Gasteiger charge is 2.61. The highest BCUT2D eigenvalue weighted by atomic mass is 16.8. The van der Waals surface area contributed by atoms with Crippen molar-refractivity contribution in [2.75, 3.05) is 4.90 Å². The van der Waals surface area contributed by atoms with Crippen molar-refractivity contribution in [3.63, 3.8) is 0 Å². The van der Waals surface area contributed by atoms with Crippen LogP contribution >= 0.6 is 0 Å². The minimum Gasteiger partial charge on any atom is -0.595 e. The Labute approximate surface area is 198 Å². The topological polar surface area (TPSA) is 85.1 Å². The van der Waals surface area contributed by atoms with Crippen LogP contribution in [0.5, 0.6) is 0 Å². The van der Waals surface area contributed by atoms with Gasteiger partial charge in [0.05, 0.1) is 17.5 Å². The Morgan fingerprint density at radius 3 is 2.12 bits per heavy atom. The first-order valence-electron chi connectivity index (χ1n) is 11.9. The molecule has 0 radical (unpaired) electrons. The Hall–Kier alpha value is -3.32. The van der Waals surface area contributed by atoms with Crippen LogP contribution in [0.25, 0.3) is 0 Å². The molecule has 34 heavy (non-hydrogen) atoms. The predicted octanol–water partition coefficient (Wildman–Crippen LogP) is 4.00. The number of hydrogen-bond acceptors (Lipinski definition) is 4. The number of quaternary nitrogens is 1. The molecule has 0 spiro atoms. The molecule has 6 nitrogen and oxygen atoms in total. The molecule has 0 aromatic heterocycles. The van der Waals surface area contributed by atoms with E-state index in [2.05, 4.69) is 44.2 Å². The van der Waals surface area contributed by atoms with Crippen LogP contribution in [0.15, 0.2) is 66.7 Å². The smallest absolute Gasteiger partial charge is 0.238 e. The molecule has 3 aliphatic carbocycles. The molecule has 7 rings (SSSR count). The fraction of sp³-hybridized carbons (Fsp3) is 0.286. The zero-order chi connectivity index (χ0) is 23.7. The molecule has 1 heterocycles. The van der Waals surface area contributed by atoms with Gasteiger partial charge in [-0.3, -0.25) is 9.59 Å². The Kier molecular flexibility index (Phi) is 4.74. The quantitative estimate of drug-likeness (QED) is 0.461. The largest absolute Gasteiger partial charge is 0.595 e. The van der Waals surface area contributed by atoms with Crippen molar-refractivity contribution in [2.45, 2.75) is 38.0 Å². The summed E-state index contributed by atoms with van der Waals surface area (Å²) in [6.07, 6.45) is 1.03. The van der Waals surface area contributed by atoms with E-state index in [4.69, 9.17) is 0 Å². The van der Waals surface area contributed by atoms with Gasteiger partial charge in [-0.2, -0.15) is 5.23 Å². The van der Waals surface area contributed by atoms with Crippen molar-refractivity contribution in [1.82, 2.24) is 0 Å². The summed E-state index contributed by atoms with van der Waals surface area (Å²) in [5.41, 5.74) is 6.19. The van der Waals surface area contributed by atoms with Crippen LogP contribution in [0.1, 0.15) is 65.8 Å². The number of benzene rings is 3. The van der Waals surface area contributed by atoms with Gasteiger partial charge in [0.2, 0.25) is 11.8 Å². The normalized spacial score (nSPS) is 26.2. The number of carbonyl (C=O) groups is 2. The number of imide groups is 1. The van der Waals surface area contributed by atoms with Crippen molar-refractivity contribution in [1.29, 1.82) is 0 Å². The number of hydrogen-bond donors (Lipinski definition) is 2. The lowest BCUT2D eigenvalue weighted by molar-refractivity contribution is -0.991. The second kappa shape index (κ2) is 7.60. The van der Waals surface area contributed by atoms with Crippen LogP contribution in [0, 0.1) is 17.0 Å². The lowest BCUT2D eigenvalue weighted by Crippen LogP contribution is -2.99. The van der Waals surface area contributed by atoms with E-state index < -0.39 is 17.1 Å². The van der Waals surface area contributed by atoms with Crippen LogP contribution in [-0.2, 0) is 9.59 Å².